The first-order valence-electron chi connectivity index (χ1n) is 7.36. The van der Waals surface area contributed by atoms with Crippen molar-refractivity contribution in [3.8, 4) is 5.75 Å². The fraction of sp³-hybridized carbons (Fsp3) is 0.375. The number of pyridine rings is 1. The van der Waals surface area contributed by atoms with Gasteiger partial charge in [-0.05, 0) is 31.0 Å². The number of likely N-dealkylation sites (tertiary alicyclic amines) is 1. The average molecular weight is 339 g/mol. The van der Waals surface area contributed by atoms with E-state index in [1.807, 2.05) is 6.07 Å². The van der Waals surface area contributed by atoms with Crippen molar-refractivity contribution in [1.29, 1.82) is 0 Å². The number of fused-ring (bicyclic) bond motifs is 1. The van der Waals surface area contributed by atoms with Crippen molar-refractivity contribution in [2.75, 3.05) is 13.1 Å². The quantitative estimate of drug-likeness (QED) is 0.741. The molecule has 4 nitrogen and oxygen atoms in total. The van der Waals surface area contributed by atoms with Crippen molar-refractivity contribution in [3.05, 3.63) is 34.4 Å². The van der Waals surface area contributed by atoms with Gasteiger partial charge in [0.1, 0.15) is 5.52 Å². The Labute approximate surface area is 139 Å². The van der Waals surface area contributed by atoms with Crippen molar-refractivity contribution in [2.45, 2.75) is 25.7 Å². The lowest BCUT2D eigenvalue weighted by molar-refractivity contribution is 0.154. The number of carbonyl (C=O) groups excluding carboxylic acids is 1. The normalized spacial score (nSPS) is 15.6. The Morgan fingerprint density at radius 1 is 1.14 bits per heavy atom. The summed E-state index contributed by atoms with van der Waals surface area (Å²) in [5.74, 6) is 0.274. The Morgan fingerprint density at radius 3 is 2.59 bits per heavy atom. The number of hydrogen-bond acceptors (Lipinski definition) is 3. The number of benzene rings is 1. The highest BCUT2D eigenvalue weighted by atomic mass is 35.5. The van der Waals surface area contributed by atoms with E-state index in [2.05, 4.69) is 4.98 Å². The number of amides is 1. The molecule has 0 radical (unpaired) electrons. The van der Waals surface area contributed by atoms with Crippen LogP contribution in [0, 0.1) is 0 Å². The highest BCUT2D eigenvalue weighted by molar-refractivity contribution is 6.39. The van der Waals surface area contributed by atoms with Crippen LogP contribution in [0.4, 0.5) is 4.79 Å². The largest absolute Gasteiger partial charge is 0.415 e. The molecule has 1 aromatic carbocycles. The van der Waals surface area contributed by atoms with E-state index in [4.69, 9.17) is 27.9 Å². The molecular weight excluding hydrogens is 323 g/mol. The summed E-state index contributed by atoms with van der Waals surface area (Å²) in [6.07, 6.45) is 5.55. The first-order chi connectivity index (χ1) is 10.7. The first-order valence-corrected chi connectivity index (χ1v) is 8.12. The van der Waals surface area contributed by atoms with Crippen LogP contribution < -0.4 is 4.74 Å². The Kier molecular flexibility index (Phi) is 4.69. The van der Waals surface area contributed by atoms with Gasteiger partial charge in [0.25, 0.3) is 0 Å². The third-order valence-electron chi connectivity index (χ3n) is 3.80. The molecule has 1 fully saturated rings. The fourth-order valence-electron chi connectivity index (χ4n) is 2.65. The summed E-state index contributed by atoms with van der Waals surface area (Å²) in [4.78, 5) is 18.4. The minimum absolute atomic E-state index is 0.274. The number of nitrogens with zero attached hydrogens (tertiary/aromatic N) is 2. The summed E-state index contributed by atoms with van der Waals surface area (Å²) < 4.78 is 5.54. The molecule has 0 N–H and O–H groups in total. The lowest BCUT2D eigenvalue weighted by Gasteiger charge is -2.20. The van der Waals surface area contributed by atoms with Gasteiger partial charge < -0.3 is 9.64 Å². The predicted octanol–water partition coefficient (Wildman–Crippen LogP) is 4.92. The van der Waals surface area contributed by atoms with Gasteiger partial charge in [-0.2, -0.15) is 0 Å². The lowest BCUT2D eigenvalue weighted by Crippen LogP contribution is -2.34. The highest BCUT2D eigenvalue weighted by Gasteiger charge is 2.21. The van der Waals surface area contributed by atoms with Crippen LogP contribution in [-0.2, 0) is 0 Å². The predicted molar refractivity (Wildman–Crippen MR) is 87.8 cm³/mol. The number of hydrogen-bond donors (Lipinski definition) is 0. The number of carbonyl (C=O) groups is 1. The molecule has 0 atom stereocenters. The van der Waals surface area contributed by atoms with Crippen molar-refractivity contribution >= 4 is 40.2 Å². The van der Waals surface area contributed by atoms with Crippen LogP contribution in [0.25, 0.3) is 10.9 Å². The standard InChI is InChI=1S/C16H16Cl2N2O2/c17-12-10-13(18)15(14-11(12)6-5-7-19-14)22-16(21)20-8-3-1-2-4-9-20/h5-7,10H,1-4,8-9H2. The van der Waals surface area contributed by atoms with Crippen molar-refractivity contribution < 1.29 is 9.53 Å². The van der Waals surface area contributed by atoms with E-state index in [1.54, 1.807) is 23.2 Å². The molecule has 116 valence electrons. The molecule has 2 heterocycles. The van der Waals surface area contributed by atoms with Crippen LogP contribution in [0.2, 0.25) is 10.0 Å². The third kappa shape index (κ3) is 3.13. The van der Waals surface area contributed by atoms with E-state index in [9.17, 15) is 4.79 Å². The van der Waals surface area contributed by atoms with Crippen LogP contribution in [0.1, 0.15) is 25.7 Å². The zero-order valence-electron chi connectivity index (χ0n) is 12.0. The molecule has 1 aliphatic rings. The molecule has 3 rings (SSSR count). The second-order valence-electron chi connectivity index (χ2n) is 5.34. The first kappa shape index (κ1) is 15.4. The summed E-state index contributed by atoms with van der Waals surface area (Å²) >= 11 is 12.4. The van der Waals surface area contributed by atoms with E-state index in [1.165, 1.54) is 0 Å². The van der Waals surface area contributed by atoms with Gasteiger partial charge in [-0.1, -0.05) is 36.0 Å². The van der Waals surface area contributed by atoms with Gasteiger partial charge in [-0.3, -0.25) is 4.98 Å². The van der Waals surface area contributed by atoms with E-state index in [-0.39, 0.29) is 11.8 Å². The molecule has 1 aliphatic heterocycles. The van der Waals surface area contributed by atoms with Gasteiger partial charge in [0.15, 0.2) is 5.75 Å². The van der Waals surface area contributed by atoms with Crippen molar-refractivity contribution in [1.82, 2.24) is 9.88 Å². The van der Waals surface area contributed by atoms with E-state index >= 15 is 0 Å². The molecule has 0 bridgehead atoms. The minimum Gasteiger partial charge on any atom is -0.406 e. The third-order valence-corrected chi connectivity index (χ3v) is 4.40. The number of halogens is 2. The average Bonchev–Trinajstić information content (AvgIpc) is 2.80. The molecular formula is C16H16Cl2N2O2. The fourth-order valence-corrected chi connectivity index (χ4v) is 3.20. The van der Waals surface area contributed by atoms with Gasteiger partial charge in [0.05, 0.1) is 10.0 Å². The second-order valence-corrected chi connectivity index (χ2v) is 6.15. The maximum Gasteiger partial charge on any atom is 0.415 e. The molecule has 2 aromatic rings. The molecule has 0 unspecified atom stereocenters. The summed E-state index contributed by atoms with van der Waals surface area (Å²) in [5.41, 5.74) is 0.503. The van der Waals surface area contributed by atoms with Gasteiger partial charge in [-0.25, -0.2) is 4.79 Å². The minimum atomic E-state index is -0.377. The topological polar surface area (TPSA) is 42.4 Å². The molecule has 1 saturated heterocycles. The zero-order chi connectivity index (χ0) is 15.5. The molecule has 1 aromatic heterocycles. The summed E-state index contributed by atoms with van der Waals surface area (Å²) in [6.45, 7) is 1.44. The van der Waals surface area contributed by atoms with Gasteiger partial charge in [0, 0.05) is 24.7 Å². The monoisotopic (exact) mass is 338 g/mol. The molecule has 0 aliphatic carbocycles. The maximum atomic E-state index is 12.4. The Bertz CT molecular complexity index is 698. The van der Waals surface area contributed by atoms with E-state index in [0.717, 1.165) is 38.8 Å². The van der Waals surface area contributed by atoms with E-state index in [0.29, 0.717) is 20.9 Å². The SMILES string of the molecule is O=C(Oc1c(Cl)cc(Cl)c2cccnc12)N1CCCCCC1. The maximum absolute atomic E-state index is 12.4. The summed E-state index contributed by atoms with van der Waals surface area (Å²) in [7, 11) is 0. The van der Waals surface area contributed by atoms with Gasteiger partial charge in [-0.15, -0.1) is 0 Å². The van der Waals surface area contributed by atoms with Crippen molar-refractivity contribution in [2.24, 2.45) is 0 Å². The Balaban J connectivity index is 1.91. The zero-order valence-corrected chi connectivity index (χ0v) is 13.5. The van der Waals surface area contributed by atoms with Crippen LogP contribution in [0.5, 0.6) is 5.75 Å². The molecule has 6 heteroatoms. The van der Waals surface area contributed by atoms with Crippen LogP contribution >= 0.6 is 23.2 Å². The molecule has 22 heavy (non-hydrogen) atoms. The van der Waals surface area contributed by atoms with Gasteiger partial charge >= 0.3 is 6.09 Å². The molecule has 1 amide bonds. The van der Waals surface area contributed by atoms with Crippen LogP contribution in [0.15, 0.2) is 24.4 Å². The number of aromatic nitrogens is 1. The van der Waals surface area contributed by atoms with Gasteiger partial charge in [0.2, 0.25) is 0 Å². The van der Waals surface area contributed by atoms with Crippen LogP contribution in [-0.4, -0.2) is 29.1 Å². The summed E-state index contributed by atoms with van der Waals surface area (Å²) in [6, 6.07) is 5.19. The highest BCUT2D eigenvalue weighted by Crippen LogP contribution is 2.37. The van der Waals surface area contributed by atoms with E-state index < -0.39 is 0 Å². The Morgan fingerprint density at radius 2 is 1.86 bits per heavy atom. The smallest absolute Gasteiger partial charge is 0.406 e. The summed E-state index contributed by atoms with van der Waals surface area (Å²) in [5, 5.41) is 1.49. The number of ether oxygens (including phenoxy) is 1. The Hall–Kier alpha value is -1.52. The van der Waals surface area contributed by atoms with Crippen LogP contribution in [0.3, 0.4) is 0 Å². The molecule has 0 spiro atoms. The number of rotatable bonds is 1. The second kappa shape index (κ2) is 6.71. The van der Waals surface area contributed by atoms with Crippen molar-refractivity contribution in [3.63, 3.8) is 0 Å². The lowest BCUT2D eigenvalue weighted by atomic mass is 10.2. The molecule has 0 saturated carbocycles.